The summed E-state index contributed by atoms with van der Waals surface area (Å²) in [7, 11) is 1.73. The van der Waals surface area contributed by atoms with Crippen molar-refractivity contribution in [1.29, 1.82) is 0 Å². The Morgan fingerprint density at radius 3 is 2.82 bits per heavy atom. The lowest BCUT2D eigenvalue weighted by atomic mass is 9.54. The fraction of sp³-hybridized carbons (Fsp3) is 0.667. The Hall–Kier alpha value is -1.84. The number of aryl methyl sites for hydroxylation is 2. The third kappa shape index (κ3) is 3.05. The Labute approximate surface area is 167 Å². The summed E-state index contributed by atoms with van der Waals surface area (Å²) < 4.78 is 5.53. The van der Waals surface area contributed by atoms with Gasteiger partial charge in [0.25, 0.3) is 0 Å². The SMILES string of the molecule is COc1cc2c(cc1C)[C@H]1CC[C@]3(C)C(=O)C[C@@H](CCCC(=O)O)[C@H]3[C@@H]1CC2. The number of methoxy groups -OCH3 is 1. The molecule has 0 aliphatic heterocycles. The van der Waals surface area contributed by atoms with Gasteiger partial charge >= 0.3 is 5.97 Å². The number of carbonyl (C=O) groups is 2. The van der Waals surface area contributed by atoms with E-state index < -0.39 is 5.97 Å². The van der Waals surface area contributed by atoms with E-state index in [0.29, 0.717) is 42.3 Å². The van der Waals surface area contributed by atoms with Crippen molar-refractivity contribution < 1.29 is 19.4 Å². The van der Waals surface area contributed by atoms with E-state index in [1.807, 2.05) is 0 Å². The molecule has 4 nitrogen and oxygen atoms in total. The second-order valence-electron chi connectivity index (χ2n) is 9.48. The number of carbonyl (C=O) groups excluding carboxylic acids is 1. The lowest BCUT2D eigenvalue weighted by Crippen LogP contribution is -2.44. The molecule has 1 aromatic rings. The maximum Gasteiger partial charge on any atom is 0.303 e. The van der Waals surface area contributed by atoms with Gasteiger partial charge < -0.3 is 9.84 Å². The summed E-state index contributed by atoms with van der Waals surface area (Å²) in [5.41, 5.74) is 3.88. The van der Waals surface area contributed by atoms with Crippen LogP contribution in [0.5, 0.6) is 5.75 Å². The second kappa shape index (κ2) is 7.20. The monoisotopic (exact) mass is 384 g/mol. The van der Waals surface area contributed by atoms with E-state index in [1.54, 1.807) is 7.11 Å². The van der Waals surface area contributed by atoms with Crippen LogP contribution < -0.4 is 4.74 Å². The number of hydrogen-bond acceptors (Lipinski definition) is 3. The zero-order valence-corrected chi connectivity index (χ0v) is 17.3. The average molecular weight is 385 g/mol. The Morgan fingerprint density at radius 2 is 2.11 bits per heavy atom. The summed E-state index contributed by atoms with van der Waals surface area (Å²) in [6, 6.07) is 4.54. The molecule has 152 valence electrons. The van der Waals surface area contributed by atoms with E-state index in [-0.39, 0.29) is 11.8 Å². The quantitative estimate of drug-likeness (QED) is 0.783. The highest BCUT2D eigenvalue weighted by Gasteiger charge is 2.58. The molecule has 0 unspecified atom stereocenters. The minimum Gasteiger partial charge on any atom is -0.496 e. The van der Waals surface area contributed by atoms with Gasteiger partial charge in [0, 0.05) is 18.3 Å². The van der Waals surface area contributed by atoms with Crippen LogP contribution in [0.3, 0.4) is 0 Å². The van der Waals surface area contributed by atoms with Crippen LogP contribution in [0, 0.1) is 30.1 Å². The molecule has 4 heteroatoms. The first-order valence-corrected chi connectivity index (χ1v) is 10.8. The van der Waals surface area contributed by atoms with Crippen LogP contribution in [0.25, 0.3) is 0 Å². The highest BCUT2D eigenvalue weighted by atomic mass is 16.5. The molecule has 0 heterocycles. The molecule has 0 bridgehead atoms. The van der Waals surface area contributed by atoms with Gasteiger partial charge in [0.15, 0.2) is 0 Å². The van der Waals surface area contributed by atoms with E-state index in [9.17, 15) is 9.59 Å². The third-order valence-corrected chi connectivity index (χ3v) is 8.05. The van der Waals surface area contributed by atoms with Crippen molar-refractivity contribution in [3.05, 3.63) is 28.8 Å². The highest BCUT2D eigenvalue weighted by molar-refractivity contribution is 5.87. The first-order chi connectivity index (χ1) is 13.3. The molecule has 0 radical (unpaired) electrons. The Balaban J connectivity index is 1.63. The lowest BCUT2D eigenvalue weighted by Gasteiger charge is -2.50. The molecule has 0 saturated heterocycles. The molecule has 4 rings (SSSR count). The number of Topliss-reactive ketones (excluding diaryl/α,β-unsaturated/α-hetero) is 1. The van der Waals surface area contributed by atoms with Crippen molar-refractivity contribution in [2.45, 2.75) is 71.1 Å². The minimum absolute atomic E-state index is 0.200. The maximum atomic E-state index is 13.0. The summed E-state index contributed by atoms with van der Waals surface area (Å²) in [5.74, 6) is 2.49. The van der Waals surface area contributed by atoms with E-state index >= 15 is 0 Å². The number of benzene rings is 1. The molecular formula is C24H32O4. The van der Waals surface area contributed by atoms with Crippen molar-refractivity contribution in [3.8, 4) is 5.75 Å². The summed E-state index contributed by atoms with van der Waals surface area (Å²) in [6.45, 7) is 4.31. The zero-order chi connectivity index (χ0) is 20.1. The van der Waals surface area contributed by atoms with Gasteiger partial charge in [0.05, 0.1) is 7.11 Å². The van der Waals surface area contributed by atoms with Gasteiger partial charge in [-0.3, -0.25) is 9.59 Å². The molecule has 3 aliphatic carbocycles. The Kier molecular flexibility index (Phi) is 5.01. The molecule has 2 fully saturated rings. The number of rotatable bonds is 5. The molecule has 2 saturated carbocycles. The maximum absolute atomic E-state index is 13.0. The van der Waals surface area contributed by atoms with Gasteiger partial charge in [-0.05, 0) is 91.9 Å². The third-order valence-electron chi connectivity index (χ3n) is 8.05. The molecule has 3 aliphatic rings. The predicted molar refractivity (Wildman–Crippen MR) is 108 cm³/mol. The largest absolute Gasteiger partial charge is 0.496 e. The van der Waals surface area contributed by atoms with Gasteiger partial charge in [-0.25, -0.2) is 0 Å². The van der Waals surface area contributed by atoms with Crippen LogP contribution in [0.4, 0.5) is 0 Å². The van der Waals surface area contributed by atoms with Crippen LogP contribution in [0.1, 0.15) is 74.5 Å². The number of fused-ring (bicyclic) bond motifs is 5. The number of ether oxygens (including phenoxy) is 1. The van der Waals surface area contributed by atoms with Crippen LogP contribution >= 0.6 is 0 Å². The van der Waals surface area contributed by atoms with Crippen molar-refractivity contribution in [1.82, 2.24) is 0 Å². The number of carboxylic acid groups (broad SMARTS) is 1. The highest BCUT2D eigenvalue weighted by Crippen LogP contribution is 2.62. The topological polar surface area (TPSA) is 63.6 Å². The van der Waals surface area contributed by atoms with Crippen LogP contribution in [-0.4, -0.2) is 24.0 Å². The fourth-order valence-electron chi connectivity index (χ4n) is 6.77. The normalized spacial score (nSPS) is 33.8. The Morgan fingerprint density at radius 1 is 1.32 bits per heavy atom. The van der Waals surface area contributed by atoms with Crippen LogP contribution in [-0.2, 0) is 16.0 Å². The fourth-order valence-corrected chi connectivity index (χ4v) is 6.77. The smallest absolute Gasteiger partial charge is 0.303 e. The zero-order valence-electron chi connectivity index (χ0n) is 17.3. The van der Waals surface area contributed by atoms with Gasteiger partial charge in [0.2, 0.25) is 0 Å². The van der Waals surface area contributed by atoms with Crippen molar-refractivity contribution >= 4 is 11.8 Å². The molecule has 1 aromatic carbocycles. The van der Waals surface area contributed by atoms with Gasteiger partial charge in [-0.1, -0.05) is 13.0 Å². The van der Waals surface area contributed by atoms with Crippen molar-refractivity contribution in [2.24, 2.45) is 23.2 Å². The molecule has 0 spiro atoms. The van der Waals surface area contributed by atoms with E-state index in [4.69, 9.17) is 9.84 Å². The molecule has 28 heavy (non-hydrogen) atoms. The summed E-state index contributed by atoms with van der Waals surface area (Å²) in [5, 5.41) is 9.01. The summed E-state index contributed by atoms with van der Waals surface area (Å²) >= 11 is 0. The summed E-state index contributed by atoms with van der Waals surface area (Å²) in [4.78, 5) is 23.9. The minimum atomic E-state index is -0.732. The molecule has 0 amide bonds. The molecule has 1 N–H and O–H groups in total. The molecule has 0 aromatic heterocycles. The van der Waals surface area contributed by atoms with Gasteiger partial charge in [-0.15, -0.1) is 0 Å². The number of hydrogen-bond donors (Lipinski definition) is 1. The molecular weight excluding hydrogens is 352 g/mol. The lowest BCUT2D eigenvalue weighted by molar-refractivity contribution is -0.137. The van der Waals surface area contributed by atoms with Crippen LogP contribution in [0.2, 0.25) is 0 Å². The second-order valence-corrected chi connectivity index (χ2v) is 9.48. The van der Waals surface area contributed by atoms with Gasteiger partial charge in [0.1, 0.15) is 11.5 Å². The van der Waals surface area contributed by atoms with Crippen molar-refractivity contribution in [2.75, 3.05) is 7.11 Å². The first kappa shape index (κ1) is 19.5. The molecule has 5 atom stereocenters. The standard InChI is InChI=1S/C24H32O4/c1-14-11-19-15(12-20(14)28-3)7-8-18-17(19)9-10-24(2)21(25)13-16(23(18)24)5-4-6-22(26)27/h11-12,16-18,23H,4-10,13H2,1-3H3,(H,26,27)/t16-,17+,18-,23+,24-/m1/s1. The van der Waals surface area contributed by atoms with Crippen LogP contribution in [0.15, 0.2) is 12.1 Å². The summed E-state index contributed by atoms with van der Waals surface area (Å²) in [6.07, 6.45) is 6.66. The van der Waals surface area contributed by atoms with Gasteiger partial charge in [-0.2, -0.15) is 0 Å². The predicted octanol–water partition coefficient (Wildman–Crippen LogP) is 4.91. The van der Waals surface area contributed by atoms with E-state index in [2.05, 4.69) is 26.0 Å². The average Bonchev–Trinajstić information content (AvgIpc) is 2.91. The number of ketones is 1. The van der Waals surface area contributed by atoms with E-state index in [0.717, 1.165) is 37.9 Å². The number of aliphatic carboxylic acids is 1. The number of carboxylic acids is 1. The van der Waals surface area contributed by atoms with Crippen molar-refractivity contribution in [3.63, 3.8) is 0 Å². The first-order valence-electron chi connectivity index (χ1n) is 10.8. The van der Waals surface area contributed by atoms with E-state index in [1.165, 1.54) is 16.7 Å². The Bertz CT molecular complexity index is 798.